The van der Waals surface area contributed by atoms with Crippen molar-refractivity contribution < 1.29 is 9.53 Å². The SMILES string of the molecule is CC(C)(C)OC(=O)NC1CCCN(C(=NC#N)NCc2ccccc2)C1. The number of nitriles is 1. The first-order valence-corrected chi connectivity index (χ1v) is 8.86. The summed E-state index contributed by atoms with van der Waals surface area (Å²) in [6.07, 6.45) is 3.21. The summed E-state index contributed by atoms with van der Waals surface area (Å²) in [5.74, 6) is 0.534. The summed E-state index contributed by atoms with van der Waals surface area (Å²) >= 11 is 0. The van der Waals surface area contributed by atoms with Crippen molar-refractivity contribution in [1.29, 1.82) is 5.26 Å². The van der Waals surface area contributed by atoms with Crippen LogP contribution in [0.15, 0.2) is 35.3 Å². The lowest BCUT2D eigenvalue weighted by Crippen LogP contribution is -2.53. The highest BCUT2D eigenvalue weighted by Gasteiger charge is 2.25. The second-order valence-electron chi connectivity index (χ2n) is 7.31. The van der Waals surface area contributed by atoms with Crippen LogP contribution in [0.25, 0.3) is 0 Å². The Hall–Kier alpha value is -2.75. The number of nitrogens with zero attached hydrogens (tertiary/aromatic N) is 3. The number of guanidine groups is 1. The first-order chi connectivity index (χ1) is 12.4. The molecule has 1 unspecified atom stereocenters. The van der Waals surface area contributed by atoms with Crippen LogP contribution < -0.4 is 10.6 Å². The molecule has 1 aliphatic rings. The van der Waals surface area contributed by atoms with Gasteiger partial charge in [-0.3, -0.25) is 0 Å². The highest BCUT2D eigenvalue weighted by Crippen LogP contribution is 2.13. The van der Waals surface area contributed by atoms with E-state index in [1.54, 1.807) is 0 Å². The second kappa shape index (κ2) is 9.09. The summed E-state index contributed by atoms with van der Waals surface area (Å²) in [5.41, 5.74) is 0.585. The molecular formula is C19H27N5O2. The van der Waals surface area contributed by atoms with Crippen LogP contribution in [0.4, 0.5) is 4.79 Å². The maximum Gasteiger partial charge on any atom is 0.407 e. The van der Waals surface area contributed by atoms with Gasteiger partial charge < -0.3 is 20.3 Å². The standard InChI is InChI=1S/C19H27N5O2/c1-19(2,3)26-18(25)23-16-10-7-11-24(13-16)17(22-14-20)21-12-15-8-5-4-6-9-15/h4-6,8-9,16H,7,10-13H2,1-3H3,(H,21,22)(H,23,25). The summed E-state index contributed by atoms with van der Waals surface area (Å²) in [6.45, 7) is 7.47. The predicted octanol–water partition coefficient (Wildman–Crippen LogP) is 2.60. The van der Waals surface area contributed by atoms with E-state index < -0.39 is 11.7 Å². The van der Waals surface area contributed by atoms with Gasteiger partial charge in [-0.15, -0.1) is 4.99 Å². The smallest absolute Gasteiger partial charge is 0.407 e. The molecule has 0 spiro atoms. The van der Waals surface area contributed by atoms with Crippen LogP contribution >= 0.6 is 0 Å². The molecule has 7 nitrogen and oxygen atoms in total. The van der Waals surface area contributed by atoms with Gasteiger partial charge in [-0.25, -0.2) is 4.79 Å². The van der Waals surface area contributed by atoms with Crippen molar-refractivity contribution in [3.8, 4) is 6.19 Å². The van der Waals surface area contributed by atoms with Gasteiger partial charge >= 0.3 is 6.09 Å². The molecule has 1 amide bonds. The number of piperidine rings is 1. The molecule has 0 aliphatic carbocycles. The molecule has 0 bridgehead atoms. The molecule has 1 atom stereocenters. The van der Waals surface area contributed by atoms with Gasteiger partial charge in [0.05, 0.1) is 0 Å². The van der Waals surface area contributed by atoms with E-state index in [0.29, 0.717) is 19.0 Å². The third kappa shape index (κ3) is 6.63. The van der Waals surface area contributed by atoms with Crippen molar-refractivity contribution in [3.05, 3.63) is 35.9 Å². The molecule has 0 radical (unpaired) electrons. The summed E-state index contributed by atoms with van der Waals surface area (Å²) < 4.78 is 5.32. The number of aliphatic imine (C=N–C) groups is 1. The number of likely N-dealkylation sites (tertiary alicyclic amines) is 1. The van der Waals surface area contributed by atoms with E-state index >= 15 is 0 Å². The van der Waals surface area contributed by atoms with Gasteiger partial charge in [0.1, 0.15) is 5.60 Å². The van der Waals surface area contributed by atoms with Gasteiger partial charge in [0, 0.05) is 25.7 Å². The fourth-order valence-electron chi connectivity index (χ4n) is 2.81. The molecule has 1 heterocycles. The molecule has 1 aromatic rings. The van der Waals surface area contributed by atoms with Crippen molar-refractivity contribution in [2.45, 2.75) is 51.8 Å². The maximum absolute atomic E-state index is 12.0. The van der Waals surface area contributed by atoms with Crippen LogP contribution in [0, 0.1) is 11.5 Å². The van der Waals surface area contributed by atoms with Crippen LogP contribution in [0.5, 0.6) is 0 Å². The normalized spacial score (nSPS) is 18.0. The van der Waals surface area contributed by atoms with Crippen molar-refractivity contribution in [2.75, 3.05) is 13.1 Å². The Morgan fingerprint density at radius 1 is 1.38 bits per heavy atom. The molecule has 0 saturated carbocycles. The van der Waals surface area contributed by atoms with Crippen LogP contribution in [-0.2, 0) is 11.3 Å². The van der Waals surface area contributed by atoms with Crippen molar-refractivity contribution in [3.63, 3.8) is 0 Å². The molecule has 140 valence electrons. The number of carbonyl (C=O) groups is 1. The van der Waals surface area contributed by atoms with E-state index in [1.807, 2.05) is 62.2 Å². The Kier molecular flexibility index (Phi) is 6.84. The molecule has 0 aromatic heterocycles. The largest absolute Gasteiger partial charge is 0.444 e. The minimum Gasteiger partial charge on any atom is -0.444 e. The average Bonchev–Trinajstić information content (AvgIpc) is 2.58. The number of rotatable bonds is 3. The lowest BCUT2D eigenvalue weighted by molar-refractivity contribution is 0.0485. The zero-order valence-electron chi connectivity index (χ0n) is 15.7. The molecule has 1 fully saturated rings. The van der Waals surface area contributed by atoms with Crippen molar-refractivity contribution >= 4 is 12.1 Å². The van der Waals surface area contributed by atoms with E-state index in [9.17, 15) is 4.79 Å². The number of amides is 1. The summed E-state index contributed by atoms with van der Waals surface area (Å²) in [4.78, 5) is 17.9. The number of benzene rings is 1. The number of hydrogen-bond donors (Lipinski definition) is 2. The zero-order valence-corrected chi connectivity index (χ0v) is 15.7. The van der Waals surface area contributed by atoms with Crippen LogP contribution in [0.2, 0.25) is 0 Å². The van der Waals surface area contributed by atoms with Crippen molar-refractivity contribution in [2.24, 2.45) is 4.99 Å². The second-order valence-corrected chi connectivity index (χ2v) is 7.31. The van der Waals surface area contributed by atoms with E-state index in [-0.39, 0.29) is 6.04 Å². The molecule has 26 heavy (non-hydrogen) atoms. The Balaban J connectivity index is 1.93. The minimum absolute atomic E-state index is 0.0407. The third-order valence-corrected chi connectivity index (χ3v) is 3.89. The molecule has 1 saturated heterocycles. The summed E-state index contributed by atoms with van der Waals surface area (Å²) in [7, 11) is 0. The Bertz CT molecular complexity index is 661. The Labute approximate surface area is 155 Å². The monoisotopic (exact) mass is 357 g/mol. The first-order valence-electron chi connectivity index (χ1n) is 8.86. The van der Waals surface area contributed by atoms with E-state index in [0.717, 1.165) is 24.9 Å². The Morgan fingerprint density at radius 2 is 2.12 bits per heavy atom. The minimum atomic E-state index is -0.525. The van der Waals surface area contributed by atoms with Gasteiger partial charge in [-0.2, -0.15) is 5.26 Å². The zero-order chi connectivity index (χ0) is 19.0. The fourth-order valence-corrected chi connectivity index (χ4v) is 2.81. The van der Waals surface area contributed by atoms with Crippen LogP contribution in [0.3, 0.4) is 0 Å². The number of ether oxygens (including phenoxy) is 1. The third-order valence-electron chi connectivity index (χ3n) is 3.89. The lowest BCUT2D eigenvalue weighted by Gasteiger charge is -2.35. The Morgan fingerprint density at radius 3 is 2.77 bits per heavy atom. The highest BCUT2D eigenvalue weighted by molar-refractivity contribution is 5.81. The number of alkyl carbamates (subject to hydrolysis) is 1. The van der Waals surface area contributed by atoms with Crippen LogP contribution in [0.1, 0.15) is 39.2 Å². The van der Waals surface area contributed by atoms with Gasteiger partial charge in [0.25, 0.3) is 0 Å². The van der Waals surface area contributed by atoms with E-state index in [2.05, 4.69) is 15.6 Å². The molecule has 1 aromatic carbocycles. The summed E-state index contributed by atoms with van der Waals surface area (Å²) in [6, 6.07) is 9.89. The highest BCUT2D eigenvalue weighted by atomic mass is 16.6. The average molecular weight is 357 g/mol. The lowest BCUT2D eigenvalue weighted by atomic mass is 10.1. The van der Waals surface area contributed by atoms with Gasteiger partial charge in [0.2, 0.25) is 12.2 Å². The van der Waals surface area contributed by atoms with Gasteiger partial charge in [-0.05, 0) is 39.2 Å². The number of carbonyl (C=O) groups excluding carboxylic acids is 1. The summed E-state index contributed by atoms with van der Waals surface area (Å²) in [5, 5.41) is 15.1. The van der Waals surface area contributed by atoms with E-state index in [4.69, 9.17) is 10.00 Å². The molecule has 2 rings (SSSR count). The predicted molar refractivity (Wildman–Crippen MR) is 100 cm³/mol. The maximum atomic E-state index is 12.0. The van der Waals surface area contributed by atoms with E-state index in [1.165, 1.54) is 0 Å². The molecule has 7 heteroatoms. The topological polar surface area (TPSA) is 89.8 Å². The van der Waals surface area contributed by atoms with Gasteiger partial charge in [0.15, 0.2) is 0 Å². The van der Waals surface area contributed by atoms with Crippen molar-refractivity contribution in [1.82, 2.24) is 15.5 Å². The molecule has 2 N–H and O–H groups in total. The molecule has 1 aliphatic heterocycles. The quantitative estimate of drug-likeness (QED) is 0.493. The number of hydrogen-bond acceptors (Lipinski definition) is 4. The van der Waals surface area contributed by atoms with Crippen LogP contribution in [-0.4, -0.2) is 41.7 Å². The first kappa shape index (κ1) is 19.6. The number of nitrogens with one attached hydrogen (secondary N) is 2. The van der Waals surface area contributed by atoms with Gasteiger partial charge in [-0.1, -0.05) is 30.3 Å². The fraction of sp³-hybridized carbons (Fsp3) is 0.526. The molecular weight excluding hydrogens is 330 g/mol.